The Balaban J connectivity index is 3.08. The molecule has 0 unspecified atom stereocenters. The van der Waals surface area contributed by atoms with Crippen LogP contribution in [0.1, 0.15) is 43.9 Å². The lowest BCUT2D eigenvalue weighted by molar-refractivity contribution is 0.0909. The third-order valence-electron chi connectivity index (χ3n) is 2.18. The summed E-state index contributed by atoms with van der Waals surface area (Å²) in [6.45, 7) is 10.2. The lowest BCUT2D eigenvalue weighted by Crippen LogP contribution is -2.41. The number of aromatic nitrogens is 2. The van der Waals surface area contributed by atoms with Gasteiger partial charge >= 0.3 is 0 Å². The van der Waals surface area contributed by atoms with Crippen LogP contribution in [0.15, 0.2) is 0 Å². The average molecular weight is 224 g/mol. The summed E-state index contributed by atoms with van der Waals surface area (Å²) in [5.41, 5.74) is 7.19. The Morgan fingerprint density at radius 3 is 2.50 bits per heavy atom. The third-order valence-corrected chi connectivity index (χ3v) is 2.18. The molecule has 5 heteroatoms. The number of carbonyl (C=O) groups excluding carboxylic acids is 1. The quantitative estimate of drug-likeness (QED) is 0.795. The van der Waals surface area contributed by atoms with Crippen LogP contribution in [-0.4, -0.2) is 21.2 Å². The van der Waals surface area contributed by atoms with Crippen LogP contribution < -0.4 is 11.1 Å². The molecule has 0 aliphatic heterocycles. The molecule has 0 aliphatic carbocycles. The van der Waals surface area contributed by atoms with Crippen molar-refractivity contribution in [2.75, 3.05) is 5.73 Å². The molecule has 0 atom stereocenters. The number of hydrogen-bond donors (Lipinski definition) is 2. The first-order valence-electron chi connectivity index (χ1n) is 5.41. The van der Waals surface area contributed by atoms with Crippen LogP contribution in [0.25, 0.3) is 0 Å². The van der Waals surface area contributed by atoms with E-state index in [-0.39, 0.29) is 11.4 Å². The highest BCUT2D eigenvalue weighted by Crippen LogP contribution is 2.17. The van der Waals surface area contributed by atoms with Gasteiger partial charge in [-0.25, -0.2) is 0 Å². The van der Waals surface area contributed by atoms with Crippen LogP contribution >= 0.6 is 0 Å². The van der Waals surface area contributed by atoms with Crippen molar-refractivity contribution in [3.63, 3.8) is 0 Å². The molecule has 5 nitrogen and oxygen atoms in total. The number of anilines is 1. The van der Waals surface area contributed by atoms with Crippen molar-refractivity contribution >= 4 is 11.6 Å². The fourth-order valence-electron chi connectivity index (χ4n) is 1.46. The van der Waals surface area contributed by atoms with E-state index >= 15 is 0 Å². The molecule has 0 saturated heterocycles. The van der Waals surface area contributed by atoms with E-state index in [1.807, 2.05) is 27.7 Å². The lowest BCUT2D eigenvalue weighted by Gasteiger charge is -2.20. The molecule has 0 aromatic carbocycles. The molecule has 0 bridgehead atoms. The summed E-state index contributed by atoms with van der Waals surface area (Å²) in [6, 6.07) is 0. The van der Waals surface area contributed by atoms with Crippen LogP contribution in [-0.2, 0) is 6.54 Å². The predicted octanol–water partition coefficient (Wildman–Crippen LogP) is 1.32. The molecule has 1 aromatic rings. The average Bonchev–Trinajstić information content (AvgIpc) is 2.40. The summed E-state index contributed by atoms with van der Waals surface area (Å²) in [6.07, 6.45) is 0. The second-order valence-corrected chi connectivity index (χ2v) is 4.87. The van der Waals surface area contributed by atoms with Gasteiger partial charge in [0.1, 0.15) is 5.69 Å². The summed E-state index contributed by atoms with van der Waals surface area (Å²) in [7, 11) is 0. The first kappa shape index (κ1) is 12.5. The fraction of sp³-hybridized carbons (Fsp3) is 0.636. The van der Waals surface area contributed by atoms with E-state index < -0.39 is 0 Å². The van der Waals surface area contributed by atoms with E-state index in [2.05, 4.69) is 10.4 Å². The third kappa shape index (κ3) is 2.53. The van der Waals surface area contributed by atoms with E-state index in [1.54, 1.807) is 11.6 Å². The molecular weight excluding hydrogens is 204 g/mol. The number of hydrogen-bond acceptors (Lipinski definition) is 3. The topological polar surface area (TPSA) is 72.9 Å². The minimum absolute atomic E-state index is 0.174. The van der Waals surface area contributed by atoms with Crippen LogP contribution in [0.2, 0.25) is 0 Å². The standard InChI is InChI=1S/C11H20N4O/c1-6-15-9(8(12)7(2)14-15)10(16)13-11(3,4)5/h6,12H2,1-5H3,(H,13,16). The largest absolute Gasteiger partial charge is 0.395 e. The Bertz CT molecular complexity index is 401. The zero-order valence-corrected chi connectivity index (χ0v) is 10.6. The molecule has 1 heterocycles. The van der Waals surface area contributed by atoms with Gasteiger partial charge in [0.25, 0.3) is 5.91 Å². The first-order chi connectivity index (χ1) is 7.26. The Morgan fingerprint density at radius 2 is 2.06 bits per heavy atom. The van der Waals surface area contributed by atoms with Crippen molar-refractivity contribution in [3.05, 3.63) is 11.4 Å². The van der Waals surface area contributed by atoms with Gasteiger partial charge < -0.3 is 11.1 Å². The lowest BCUT2D eigenvalue weighted by atomic mass is 10.1. The van der Waals surface area contributed by atoms with Crippen LogP contribution in [0.3, 0.4) is 0 Å². The second-order valence-electron chi connectivity index (χ2n) is 4.87. The van der Waals surface area contributed by atoms with Gasteiger partial charge in [-0.2, -0.15) is 5.10 Å². The van der Waals surface area contributed by atoms with Crippen molar-refractivity contribution in [3.8, 4) is 0 Å². The number of nitrogen functional groups attached to an aromatic ring is 1. The summed E-state index contributed by atoms with van der Waals surface area (Å²) in [5, 5.41) is 7.10. The monoisotopic (exact) mass is 224 g/mol. The minimum atomic E-state index is -0.278. The number of amides is 1. The van der Waals surface area contributed by atoms with E-state index in [0.717, 1.165) is 0 Å². The maximum absolute atomic E-state index is 12.0. The predicted molar refractivity (Wildman–Crippen MR) is 64.3 cm³/mol. The van der Waals surface area contributed by atoms with Gasteiger partial charge in [0.15, 0.2) is 0 Å². The number of rotatable bonds is 2. The molecule has 0 spiro atoms. The maximum Gasteiger partial charge on any atom is 0.272 e. The highest BCUT2D eigenvalue weighted by molar-refractivity contribution is 5.98. The molecule has 90 valence electrons. The van der Waals surface area contributed by atoms with Gasteiger partial charge in [0.2, 0.25) is 0 Å². The number of nitrogens with zero attached hydrogens (tertiary/aromatic N) is 2. The van der Waals surface area contributed by atoms with Gasteiger partial charge in [0.05, 0.1) is 11.4 Å². The summed E-state index contributed by atoms with van der Waals surface area (Å²) in [4.78, 5) is 12.0. The van der Waals surface area contributed by atoms with E-state index in [9.17, 15) is 4.79 Å². The highest BCUT2D eigenvalue weighted by Gasteiger charge is 2.22. The SMILES string of the molecule is CCn1nc(C)c(N)c1C(=O)NC(C)(C)C. The molecule has 0 saturated carbocycles. The van der Waals surface area contributed by atoms with Gasteiger partial charge in [0, 0.05) is 12.1 Å². The van der Waals surface area contributed by atoms with Crippen molar-refractivity contribution in [1.29, 1.82) is 0 Å². The normalized spacial score (nSPS) is 11.6. The van der Waals surface area contributed by atoms with Crippen molar-refractivity contribution in [1.82, 2.24) is 15.1 Å². The molecule has 0 radical (unpaired) electrons. The number of aryl methyl sites for hydroxylation is 2. The Kier molecular flexibility index (Phi) is 3.26. The Labute approximate surface area is 96.0 Å². The number of nitrogens with one attached hydrogen (secondary N) is 1. The molecule has 0 aliphatic rings. The second kappa shape index (κ2) is 4.15. The molecular formula is C11H20N4O. The highest BCUT2D eigenvalue weighted by atomic mass is 16.2. The van der Waals surface area contributed by atoms with Crippen molar-refractivity contribution in [2.24, 2.45) is 0 Å². The first-order valence-corrected chi connectivity index (χ1v) is 5.41. The van der Waals surface area contributed by atoms with Gasteiger partial charge in [-0.05, 0) is 34.6 Å². The number of carbonyl (C=O) groups is 1. The van der Waals surface area contributed by atoms with E-state index in [4.69, 9.17) is 5.73 Å². The number of nitrogens with two attached hydrogens (primary N) is 1. The van der Waals surface area contributed by atoms with Crippen LogP contribution in [0.4, 0.5) is 5.69 Å². The molecule has 1 aromatic heterocycles. The zero-order chi connectivity index (χ0) is 12.5. The smallest absolute Gasteiger partial charge is 0.272 e. The van der Waals surface area contributed by atoms with Gasteiger partial charge in [-0.3, -0.25) is 9.48 Å². The maximum atomic E-state index is 12.0. The van der Waals surface area contributed by atoms with Crippen LogP contribution in [0.5, 0.6) is 0 Å². The van der Waals surface area contributed by atoms with Crippen molar-refractivity contribution in [2.45, 2.75) is 46.7 Å². The summed E-state index contributed by atoms with van der Waals surface area (Å²) < 4.78 is 1.63. The fourth-order valence-corrected chi connectivity index (χ4v) is 1.46. The van der Waals surface area contributed by atoms with Crippen LogP contribution in [0, 0.1) is 6.92 Å². The molecule has 1 rings (SSSR count). The van der Waals surface area contributed by atoms with E-state index in [1.165, 1.54) is 0 Å². The minimum Gasteiger partial charge on any atom is -0.395 e. The summed E-state index contributed by atoms with van der Waals surface area (Å²) >= 11 is 0. The molecule has 1 amide bonds. The zero-order valence-electron chi connectivity index (χ0n) is 10.6. The Hall–Kier alpha value is -1.52. The Morgan fingerprint density at radius 1 is 1.50 bits per heavy atom. The molecule has 16 heavy (non-hydrogen) atoms. The van der Waals surface area contributed by atoms with Crippen molar-refractivity contribution < 1.29 is 4.79 Å². The van der Waals surface area contributed by atoms with Gasteiger partial charge in [-0.15, -0.1) is 0 Å². The van der Waals surface area contributed by atoms with Gasteiger partial charge in [-0.1, -0.05) is 0 Å². The molecule has 3 N–H and O–H groups in total. The van der Waals surface area contributed by atoms with E-state index in [0.29, 0.717) is 23.6 Å². The summed E-state index contributed by atoms with van der Waals surface area (Å²) in [5.74, 6) is -0.174. The molecule has 0 fully saturated rings.